The van der Waals surface area contributed by atoms with Crippen molar-refractivity contribution in [1.29, 1.82) is 0 Å². The van der Waals surface area contributed by atoms with E-state index in [2.05, 4.69) is 5.32 Å². The maximum Gasteiger partial charge on any atom is 0.344 e. The highest BCUT2D eigenvalue weighted by Crippen LogP contribution is 2.71. The Morgan fingerprint density at radius 2 is 1.87 bits per heavy atom. The quantitative estimate of drug-likeness (QED) is 0.330. The molecule has 47 heavy (non-hydrogen) atoms. The Balaban J connectivity index is 1.42. The average Bonchev–Trinajstić information content (AvgIpc) is 3.25. The van der Waals surface area contributed by atoms with Crippen molar-refractivity contribution >= 4 is 29.1 Å². The number of ether oxygens (including phenoxy) is 3. The number of hydrogen-bond acceptors (Lipinski definition) is 9. The number of aliphatic hydroxyl groups excluding tert-OH is 1. The smallest absolute Gasteiger partial charge is 0.344 e. The highest BCUT2D eigenvalue weighted by atomic mass is 19.1. The first-order valence-corrected chi connectivity index (χ1v) is 16.3. The minimum atomic E-state index is -2.06. The number of allylic oxidation sites excluding steroid dienone is 4. The number of ketones is 2. The predicted molar refractivity (Wildman–Crippen MR) is 172 cm³/mol. The summed E-state index contributed by atoms with van der Waals surface area (Å²) in [5.74, 6) is -3.45. The van der Waals surface area contributed by atoms with E-state index in [-0.39, 0.29) is 41.0 Å². The van der Waals surface area contributed by atoms with Gasteiger partial charge in [0.25, 0.3) is 0 Å². The Hall–Kier alpha value is -3.41. The number of carbonyl (C=O) groups excluding carboxylic acids is 4. The first-order chi connectivity index (χ1) is 22.0. The van der Waals surface area contributed by atoms with Gasteiger partial charge in [-0.05, 0) is 74.6 Å². The number of amides is 1. The number of fused-ring (bicyclic) bond motifs is 5. The van der Waals surface area contributed by atoms with Gasteiger partial charge in [-0.1, -0.05) is 45.4 Å². The molecule has 0 radical (unpaired) electrons. The third kappa shape index (κ3) is 4.99. The zero-order chi connectivity index (χ0) is 34.7. The number of nitrogens with two attached hydrogens (primary N) is 1. The fourth-order valence-electron chi connectivity index (χ4n) is 9.52. The van der Waals surface area contributed by atoms with Gasteiger partial charge < -0.3 is 30.4 Å². The fraction of sp³-hybridized carbons (Fsp3) is 0.611. The summed E-state index contributed by atoms with van der Waals surface area (Å²) in [5, 5.41) is 14.4. The van der Waals surface area contributed by atoms with Crippen LogP contribution in [0.25, 0.3) is 0 Å². The number of methoxy groups -OCH3 is 2. The fourth-order valence-corrected chi connectivity index (χ4v) is 9.52. The van der Waals surface area contributed by atoms with Crippen LogP contribution in [-0.2, 0) is 23.9 Å². The van der Waals surface area contributed by atoms with E-state index in [9.17, 15) is 24.3 Å². The molecule has 4 aliphatic carbocycles. The minimum Gasteiger partial charge on any atom is -0.496 e. The highest BCUT2D eigenvalue weighted by molar-refractivity contribution is 6.05. The molecule has 1 unspecified atom stereocenters. The van der Waals surface area contributed by atoms with Crippen molar-refractivity contribution in [1.82, 2.24) is 0 Å². The number of Topliss-reactive ketones (excluding diaryl/α,β-unsaturated/α-hetero) is 1. The van der Waals surface area contributed by atoms with Crippen LogP contribution in [0, 0.1) is 34.5 Å². The van der Waals surface area contributed by atoms with E-state index in [1.54, 1.807) is 32.9 Å². The summed E-state index contributed by atoms with van der Waals surface area (Å²) in [6.45, 7) is 8.43. The number of hydrogen-bond donors (Lipinski definition) is 3. The molecule has 1 amide bonds. The van der Waals surface area contributed by atoms with Crippen molar-refractivity contribution in [2.45, 2.75) is 83.7 Å². The van der Waals surface area contributed by atoms with Gasteiger partial charge in [-0.15, -0.1) is 0 Å². The monoisotopic (exact) mass is 654 g/mol. The van der Waals surface area contributed by atoms with Gasteiger partial charge in [0.05, 0.1) is 24.9 Å². The molecule has 10 nitrogen and oxygen atoms in total. The minimum absolute atomic E-state index is 0.0635. The number of halogens is 1. The first kappa shape index (κ1) is 34.9. The summed E-state index contributed by atoms with van der Waals surface area (Å²) in [7, 11) is 2.80. The molecule has 0 aromatic heterocycles. The second-order valence-corrected chi connectivity index (χ2v) is 14.5. The molecule has 0 bridgehead atoms. The van der Waals surface area contributed by atoms with E-state index in [0.29, 0.717) is 24.8 Å². The summed E-state index contributed by atoms with van der Waals surface area (Å²) >= 11 is 0. The van der Waals surface area contributed by atoms with Gasteiger partial charge in [-0.3, -0.25) is 14.4 Å². The van der Waals surface area contributed by atoms with Crippen LogP contribution in [0.1, 0.15) is 70.7 Å². The molecule has 0 heterocycles. The average molecular weight is 655 g/mol. The second-order valence-electron chi connectivity index (χ2n) is 14.5. The van der Waals surface area contributed by atoms with Crippen LogP contribution >= 0.6 is 0 Å². The van der Waals surface area contributed by atoms with Crippen LogP contribution in [-0.4, -0.2) is 72.8 Å². The molecule has 3 fully saturated rings. The lowest BCUT2D eigenvalue weighted by molar-refractivity contribution is -0.224. The molecule has 0 aliphatic heterocycles. The van der Waals surface area contributed by atoms with E-state index in [4.69, 9.17) is 19.9 Å². The Morgan fingerprint density at radius 3 is 2.51 bits per heavy atom. The summed E-state index contributed by atoms with van der Waals surface area (Å²) in [5.41, 5.74) is 1.04. The second kappa shape index (κ2) is 12.2. The van der Waals surface area contributed by atoms with Crippen LogP contribution in [0.15, 0.2) is 42.0 Å². The standard InChI is InChI=1S/C36H47FN2O8/c1-19(2)30(38)31(43)39-25-9-8-10-26(45-6)29(25)32(44)47-18-28(42)36(46-7)20(3)15-24-23-12-11-21-16-22(40)13-14-33(21,4)35(23,37)27(41)17-34(24,36)5/h8-10,13-14,16,19-20,23-24,27,30,41H,11-12,15,17-18,38H2,1-7H3,(H,39,43)/t20-,23+,24?,27+,30+,33+,34+,35+,36+/m1/s1. The van der Waals surface area contributed by atoms with Crippen molar-refractivity contribution in [2.24, 2.45) is 40.2 Å². The topological polar surface area (TPSA) is 154 Å². The zero-order valence-electron chi connectivity index (χ0n) is 28.2. The maximum atomic E-state index is 17.6. The molecule has 4 aliphatic rings. The summed E-state index contributed by atoms with van der Waals surface area (Å²) in [6.07, 6.45) is 4.32. The molecule has 1 aromatic carbocycles. The van der Waals surface area contributed by atoms with Crippen LogP contribution in [0.4, 0.5) is 10.1 Å². The van der Waals surface area contributed by atoms with Crippen LogP contribution in [0.3, 0.4) is 0 Å². The number of alkyl halides is 1. The van der Waals surface area contributed by atoms with E-state index in [0.717, 1.165) is 0 Å². The Labute approximate surface area is 275 Å². The van der Waals surface area contributed by atoms with E-state index in [1.807, 2.05) is 13.8 Å². The summed E-state index contributed by atoms with van der Waals surface area (Å²) in [4.78, 5) is 52.8. The van der Waals surface area contributed by atoms with Gasteiger partial charge in [0.2, 0.25) is 11.7 Å². The third-order valence-electron chi connectivity index (χ3n) is 12.0. The Bertz CT molecular complexity index is 1540. The molecular formula is C36H47FN2O8. The van der Waals surface area contributed by atoms with E-state index >= 15 is 4.39 Å². The number of anilines is 1. The lowest BCUT2D eigenvalue weighted by Crippen LogP contribution is -2.69. The number of nitrogens with one attached hydrogen (secondary N) is 1. The largest absolute Gasteiger partial charge is 0.496 e. The molecule has 4 N–H and O–H groups in total. The maximum absolute atomic E-state index is 17.6. The predicted octanol–water partition coefficient (Wildman–Crippen LogP) is 4.34. The third-order valence-corrected chi connectivity index (χ3v) is 12.0. The van der Waals surface area contributed by atoms with Gasteiger partial charge >= 0.3 is 5.97 Å². The molecule has 0 saturated heterocycles. The highest BCUT2D eigenvalue weighted by Gasteiger charge is 2.76. The van der Waals surface area contributed by atoms with Gasteiger partial charge in [0, 0.05) is 23.9 Å². The van der Waals surface area contributed by atoms with Gasteiger partial charge in [0.1, 0.15) is 16.9 Å². The van der Waals surface area contributed by atoms with Gasteiger partial charge in [0.15, 0.2) is 18.1 Å². The van der Waals surface area contributed by atoms with Crippen molar-refractivity contribution < 1.29 is 42.9 Å². The molecule has 256 valence electrons. The lowest BCUT2D eigenvalue weighted by Gasteiger charge is -2.63. The molecule has 5 rings (SSSR count). The lowest BCUT2D eigenvalue weighted by atomic mass is 9.44. The van der Waals surface area contributed by atoms with E-state index in [1.165, 1.54) is 38.5 Å². The molecular weight excluding hydrogens is 607 g/mol. The normalized spacial score (nSPS) is 36.5. The Kier molecular flexibility index (Phi) is 9.09. The molecule has 3 saturated carbocycles. The van der Waals surface area contributed by atoms with Crippen molar-refractivity contribution in [3.05, 3.63) is 47.6 Å². The van der Waals surface area contributed by atoms with Crippen molar-refractivity contribution in [3.8, 4) is 5.75 Å². The SMILES string of the molecule is COc1cccc(NC(=O)[C@@H](N)C(C)C)c1C(=O)OCC(=O)[C@@]1(OC)[C@H](C)CC2[C@@H]3CCC4=CC(=O)C=C[C@]4(C)[C@@]3(F)[C@@H](O)C[C@@]21C. The number of aliphatic hydroxyl groups is 1. The van der Waals surface area contributed by atoms with Crippen molar-refractivity contribution in [2.75, 3.05) is 26.1 Å². The Morgan fingerprint density at radius 1 is 1.17 bits per heavy atom. The van der Waals surface area contributed by atoms with E-state index < -0.39 is 70.3 Å². The number of rotatable bonds is 9. The zero-order valence-corrected chi connectivity index (χ0v) is 28.2. The van der Waals surface area contributed by atoms with Crippen LogP contribution < -0.4 is 15.8 Å². The number of carbonyl (C=O) groups is 4. The van der Waals surface area contributed by atoms with Gasteiger partial charge in [-0.25, -0.2) is 9.18 Å². The molecule has 9 atom stereocenters. The molecule has 11 heteroatoms. The number of benzene rings is 1. The summed E-state index contributed by atoms with van der Waals surface area (Å²) in [6, 6.07) is 3.82. The van der Waals surface area contributed by atoms with Gasteiger partial charge in [-0.2, -0.15) is 0 Å². The van der Waals surface area contributed by atoms with Crippen molar-refractivity contribution in [3.63, 3.8) is 0 Å². The van der Waals surface area contributed by atoms with Crippen LogP contribution in [0.5, 0.6) is 5.75 Å². The molecule has 0 spiro atoms. The van der Waals surface area contributed by atoms with Crippen LogP contribution in [0.2, 0.25) is 0 Å². The number of esters is 1. The summed E-state index contributed by atoms with van der Waals surface area (Å²) < 4.78 is 34.7. The molecule has 1 aromatic rings. The first-order valence-electron chi connectivity index (χ1n) is 16.3.